The van der Waals surface area contributed by atoms with Gasteiger partial charge >= 0.3 is 19.8 Å². The lowest BCUT2D eigenvalue weighted by Crippen LogP contribution is -2.70. The average molecular weight is 1830 g/mol. The van der Waals surface area contributed by atoms with E-state index in [1.54, 1.807) is 0 Å². The van der Waals surface area contributed by atoms with Gasteiger partial charge in [-0.15, -0.1) is 0 Å². The summed E-state index contributed by atoms with van der Waals surface area (Å²) in [5.41, 5.74) is 28.9. The van der Waals surface area contributed by atoms with Gasteiger partial charge in [-0.05, 0) is 13.8 Å². The molecule has 50 atom stereocenters. The number of aliphatic hydroxyl groups is 24. The average Bonchev–Trinajstić information content (AvgIpc) is 0.741. The normalized spacial score (nSPS) is 50.2. The Morgan fingerprint density at radius 1 is 0.407 bits per heavy atom. The molecule has 10 rings (SSSR count). The van der Waals surface area contributed by atoms with Gasteiger partial charge in [0.05, 0.1) is 88.3 Å². The van der Waals surface area contributed by atoms with Crippen molar-refractivity contribution in [2.75, 3.05) is 39.6 Å². The number of amides is 2. The molecule has 0 unspecified atom stereocenters. The SMILES string of the molecule is C[C@@H]1O[C@@H](O[C@@H]2[C@H](O)[C@@H](O)[C@@H](OC[C@H]3O[C@H](O[C@H]4[C@@H]([C@H](O)CO)O[C@@](OC[C@H]5O[C@@H](OC[C@H]6O[C@H](O)[C@H](N)[C@@H](O)[C@@H]6O)[C@H](N)[C@@H](O)[C@@H]5OP(=O)(O)O)(C(=O)O)C[C@H]4O[C@]4(C(=O)O)C[C@@H](O)[C@@H](O)[C@@H]([C@H](O)CO)O4)[C@H](O)[C@@H](O)[C@H]3O[C@@H]3O[C@H](CO)[C@@H](O)[C@H](O[C@@H]4O[C@H](C(N)=O)[C@@H](O)[C@H](O)[C@H]4O)[C@H]3O)O[C@@H]2C(N)=O)[C@H](O[C@@H]2O[C@H](C)[C@@H](O)[C@H](N)[C@H]2O)[C@H](O)[C@H]1O. The molecule has 0 radical (unpaired) electrons. The van der Waals surface area contributed by atoms with Gasteiger partial charge < -0.3 is 261 Å². The number of aliphatic carboxylic acids is 2. The van der Waals surface area contributed by atoms with Crippen LogP contribution in [0.2, 0.25) is 0 Å². The molecule has 10 fully saturated rings. The largest absolute Gasteiger partial charge is 0.477 e. The third kappa shape index (κ3) is 21.5. The van der Waals surface area contributed by atoms with Crippen LogP contribution in [-0.4, -0.2) is 512 Å². The van der Waals surface area contributed by atoms with Gasteiger partial charge in [0.2, 0.25) is 11.8 Å². The van der Waals surface area contributed by atoms with Gasteiger partial charge in [-0.1, -0.05) is 0 Å². The molecule has 123 heavy (non-hydrogen) atoms. The number of carbonyl (C=O) groups excluding carboxylic acids is 2. The lowest BCUT2D eigenvalue weighted by molar-refractivity contribution is -0.407. The summed E-state index contributed by atoms with van der Waals surface area (Å²) < 4.78 is 127. The minimum absolute atomic E-state index is 0.945. The number of hydrogen-bond acceptors (Lipinski definition) is 52. The highest BCUT2D eigenvalue weighted by atomic mass is 31.2. The number of carboxylic acids is 2. The van der Waals surface area contributed by atoms with Gasteiger partial charge in [0, 0.05) is 12.8 Å². The van der Waals surface area contributed by atoms with E-state index < -0.39 is 390 Å². The number of ether oxygens (including phenoxy) is 19. The summed E-state index contributed by atoms with van der Waals surface area (Å²) in [4.78, 5) is 74.0. The highest BCUT2D eigenvalue weighted by Crippen LogP contribution is 2.47. The van der Waals surface area contributed by atoms with Crippen molar-refractivity contribution in [1.82, 2.24) is 0 Å². The zero-order valence-corrected chi connectivity index (χ0v) is 65.3. The minimum atomic E-state index is -5.87. The Hall–Kier alpha value is -3.85. The van der Waals surface area contributed by atoms with E-state index in [1.807, 2.05) is 0 Å². The number of carbonyl (C=O) groups is 4. The van der Waals surface area contributed by atoms with Gasteiger partial charge in [0.25, 0.3) is 11.6 Å². The maximum atomic E-state index is 14.2. The monoisotopic (exact) mass is 1830 g/mol. The molecule has 10 saturated heterocycles. The van der Waals surface area contributed by atoms with Crippen molar-refractivity contribution in [3.63, 3.8) is 0 Å². The molecule has 0 spiro atoms. The molecule has 0 aliphatic carbocycles. The highest BCUT2D eigenvalue weighted by molar-refractivity contribution is 7.46. The van der Waals surface area contributed by atoms with Crippen molar-refractivity contribution in [3.8, 4) is 0 Å². The van der Waals surface area contributed by atoms with Gasteiger partial charge in [0.15, 0.2) is 62.5 Å². The Balaban J connectivity index is 1.01. The summed E-state index contributed by atoms with van der Waals surface area (Å²) in [6.07, 6.45) is -105. The maximum Gasteiger partial charge on any atom is 0.470 e. The number of aliphatic hydroxyl groups excluding tert-OH is 24. The smallest absolute Gasteiger partial charge is 0.470 e. The first-order valence-electron chi connectivity index (χ1n) is 38.1. The quantitative estimate of drug-likeness (QED) is 0.0278. The molecule has 38 N–H and O–H groups in total. The molecule has 712 valence electrons. The summed E-state index contributed by atoms with van der Waals surface area (Å²) in [5, 5.41) is 290. The van der Waals surface area contributed by atoms with Crippen LogP contribution in [0.4, 0.5) is 0 Å². The van der Waals surface area contributed by atoms with Crippen LogP contribution >= 0.6 is 7.82 Å². The molecule has 0 aromatic heterocycles. The number of carboxylic acid groups (broad SMARTS) is 2. The van der Waals surface area contributed by atoms with E-state index in [0.29, 0.717) is 0 Å². The third-order valence-electron chi connectivity index (χ3n) is 22.5. The van der Waals surface area contributed by atoms with Crippen LogP contribution in [0.25, 0.3) is 0 Å². The highest BCUT2D eigenvalue weighted by Gasteiger charge is 2.66. The summed E-state index contributed by atoms with van der Waals surface area (Å²) in [7, 11) is -5.87. The van der Waals surface area contributed by atoms with E-state index >= 15 is 0 Å². The summed E-state index contributed by atoms with van der Waals surface area (Å²) >= 11 is 0. The van der Waals surface area contributed by atoms with Gasteiger partial charge in [0.1, 0.15) is 183 Å². The molecule has 10 aliphatic heterocycles. The fourth-order valence-electron chi connectivity index (χ4n) is 15.4. The summed E-state index contributed by atoms with van der Waals surface area (Å²) in [6.45, 7) is -5.74. The van der Waals surface area contributed by atoms with E-state index in [0.717, 1.165) is 0 Å². The Bertz CT molecular complexity index is 3510. The van der Waals surface area contributed by atoms with Crippen LogP contribution < -0.4 is 28.7 Å². The standard InChI is InChI=1S/C64H108N5O53P/c1-11-24(76)21(65)31(83)56(106-11)117-49-33(85)25(77)12(2)107-60(49)115-47-36(88)38(90)55(118-50(47)52(69)94)104-9-19-43(112-59-40(92)46(28(80)17(7-72)109-59)114-58-37(89)32(84)34(86)48(116-58)51(68)93)35(87)39(91)57(111-19)113-45-16(119-64(62(98)99)3-13(73)26(78)41(120-64)14(74)5-70)4-63(61(96)97,121-42(45)15(75)6-71)105-10-20-44(122-123(100,101)102)30(82)23(67)54(110-20)103-8-18-27(79)29(81)22(66)53(95)108-18/h11-50,53-60,70-92,95H,3-10,65-67H2,1-2H3,(H2,68,93)(H2,69,94)(H,96,97)(H,98,99)(H2,100,101,102)/t11-,12+,13-,14-,15-,16-,17-,18-,19-,20-,21+,22-,23-,24-,25+,26-,27-,28-,29-,30-,31-,32+,33-,34+,35-,36-,37-,38-,39-,40-,41-,42-,43+,44-,45-,46+,47-,48+,49-,50+,53+,54-,55+,56+,57-,58-,59+,60+,63-,64-/m1/s1. The Morgan fingerprint density at radius 3 is 1.50 bits per heavy atom. The molecule has 0 saturated carbocycles. The molecule has 10 aliphatic rings. The van der Waals surface area contributed by atoms with Gasteiger partial charge in [-0.3, -0.25) is 14.1 Å². The molecular weight excluding hydrogens is 1720 g/mol. The van der Waals surface area contributed by atoms with Crippen LogP contribution in [0.1, 0.15) is 26.7 Å². The molecule has 0 aromatic rings. The molecule has 10 heterocycles. The first-order valence-corrected chi connectivity index (χ1v) is 39.6. The predicted octanol–water partition coefficient (Wildman–Crippen LogP) is -22.1. The van der Waals surface area contributed by atoms with Crippen LogP contribution in [0, 0.1) is 0 Å². The van der Waals surface area contributed by atoms with Crippen molar-refractivity contribution in [3.05, 3.63) is 0 Å². The zero-order chi connectivity index (χ0) is 91.3. The van der Waals surface area contributed by atoms with Gasteiger partial charge in [-0.25, -0.2) is 14.2 Å². The fraction of sp³-hybridized carbons (Fsp3) is 0.938. The number of nitrogens with two attached hydrogens (primary N) is 5. The van der Waals surface area contributed by atoms with Crippen LogP contribution in [0.3, 0.4) is 0 Å². The Morgan fingerprint density at radius 2 is 0.886 bits per heavy atom. The molecule has 59 heteroatoms. The maximum absolute atomic E-state index is 14.2. The topological polar surface area (TPSA) is 966 Å². The third-order valence-corrected chi connectivity index (χ3v) is 23.0. The first kappa shape index (κ1) is 101. The first-order chi connectivity index (χ1) is 57.5. The van der Waals surface area contributed by atoms with E-state index in [9.17, 15) is 166 Å². The number of hydrogen-bond donors (Lipinski definition) is 33. The molecule has 58 nitrogen and oxygen atoms in total. The second kappa shape index (κ2) is 41.3. The number of rotatable bonds is 32. The molecule has 2 amide bonds. The lowest BCUT2D eigenvalue weighted by atomic mass is 9.89. The van der Waals surface area contributed by atoms with Crippen molar-refractivity contribution in [2.24, 2.45) is 28.7 Å². The second-order valence-electron chi connectivity index (χ2n) is 31.0. The van der Waals surface area contributed by atoms with Crippen LogP contribution in [0.5, 0.6) is 0 Å². The fourth-order valence-corrected chi connectivity index (χ4v) is 16.0. The van der Waals surface area contributed by atoms with Crippen LogP contribution in [-0.2, 0) is 118 Å². The molecular formula is C64H108N5O53P. The van der Waals surface area contributed by atoms with E-state index in [-0.39, 0.29) is 0 Å². The van der Waals surface area contributed by atoms with Crippen LogP contribution in [0.15, 0.2) is 0 Å². The zero-order valence-electron chi connectivity index (χ0n) is 64.4. The van der Waals surface area contributed by atoms with Crippen molar-refractivity contribution in [1.29, 1.82) is 0 Å². The number of phosphoric acid groups is 1. The number of primary amides is 2. The predicted molar refractivity (Wildman–Crippen MR) is 370 cm³/mol. The molecule has 0 bridgehead atoms. The second-order valence-corrected chi connectivity index (χ2v) is 32.2. The van der Waals surface area contributed by atoms with E-state index in [1.165, 1.54) is 13.8 Å². The summed E-state index contributed by atoms with van der Waals surface area (Å²) in [5.74, 6) is -15.2. The lowest BCUT2D eigenvalue weighted by Gasteiger charge is -2.52. The Kier molecular flexibility index (Phi) is 34.0. The van der Waals surface area contributed by atoms with E-state index in [2.05, 4.69) is 0 Å². The Labute approximate surface area is 691 Å². The number of phosphoric ester groups is 1. The van der Waals surface area contributed by atoms with Crippen molar-refractivity contribution >= 4 is 31.6 Å². The molecule has 0 aromatic carbocycles. The minimum Gasteiger partial charge on any atom is -0.477 e. The van der Waals surface area contributed by atoms with Gasteiger partial charge in [-0.2, -0.15) is 0 Å². The van der Waals surface area contributed by atoms with Crippen molar-refractivity contribution in [2.45, 2.75) is 333 Å². The van der Waals surface area contributed by atoms with E-state index in [4.69, 9.17) is 123 Å². The summed E-state index contributed by atoms with van der Waals surface area (Å²) in [6, 6.07) is -5.02. The van der Waals surface area contributed by atoms with Crippen molar-refractivity contribution < 1.29 is 261 Å².